The lowest BCUT2D eigenvalue weighted by Crippen LogP contribution is -2.28. The van der Waals surface area contributed by atoms with Crippen molar-refractivity contribution >= 4 is 22.4 Å². The molecule has 1 aliphatic heterocycles. The van der Waals surface area contributed by atoms with Crippen molar-refractivity contribution in [2.75, 3.05) is 11.9 Å². The monoisotopic (exact) mass is 317 g/mol. The number of nitrogens with zero attached hydrogens (tertiary/aromatic N) is 1. The van der Waals surface area contributed by atoms with Gasteiger partial charge in [0.15, 0.2) is 0 Å². The molecule has 0 aliphatic carbocycles. The Hall–Kier alpha value is -2.72. The SMILES string of the molecule is O=C(Nc1ccc2ccncc2c1)[C@H]1CCN[C@@H]1c1ccccc1. The van der Waals surface area contributed by atoms with Gasteiger partial charge in [-0.3, -0.25) is 9.78 Å². The summed E-state index contributed by atoms with van der Waals surface area (Å²) in [4.78, 5) is 16.9. The zero-order chi connectivity index (χ0) is 16.4. The van der Waals surface area contributed by atoms with Crippen molar-refractivity contribution in [3.63, 3.8) is 0 Å². The quantitative estimate of drug-likeness (QED) is 0.777. The van der Waals surface area contributed by atoms with E-state index >= 15 is 0 Å². The molecule has 1 aromatic heterocycles. The third-order valence-corrected chi connectivity index (χ3v) is 4.63. The third kappa shape index (κ3) is 2.88. The second kappa shape index (κ2) is 6.42. The lowest BCUT2D eigenvalue weighted by Gasteiger charge is -2.19. The molecular weight excluding hydrogens is 298 g/mol. The number of carbonyl (C=O) groups excluding carboxylic acids is 1. The first-order valence-electron chi connectivity index (χ1n) is 8.24. The molecule has 4 heteroatoms. The molecule has 4 nitrogen and oxygen atoms in total. The summed E-state index contributed by atoms with van der Waals surface area (Å²) < 4.78 is 0. The smallest absolute Gasteiger partial charge is 0.229 e. The van der Waals surface area contributed by atoms with Gasteiger partial charge in [-0.05, 0) is 42.1 Å². The fourth-order valence-corrected chi connectivity index (χ4v) is 3.39. The van der Waals surface area contributed by atoms with E-state index < -0.39 is 0 Å². The Kier molecular flexibility index (Phi) is 3.97. The van der Waals surface area contributed by atoms with Crippen LogP contribution in [0.15, 0.2) is 67.0 Å². The molecule has 1 fully saturated rings. The van der Waals surface area contributed by atoms with Gasteiger partial charge in [-0.15, -0.1) is 0 Å². The molecular formula is C20H19N3O. The Balaban J connectivity index is 1.54. The van der Waals surface area contributed by atoms with Gasteiger partial charge >= 0.3 is 0 Å². The van der Waals surface area contributed by atoms with Crippen molar-refractivity contribution in [1.29, 1.82) is 0 Å². The minimum absolute atomic E-state index is 0.0583. The zero-order valence-corrected chi connectivity index (χ0v) is 13.3. The molecule has 1 aliphatic rings. The Bertz CT molecular complexity index is 863. The van der Waals surface area contributed by atoms with Gasteiger partial charge in [-0.1, -0.05) is 36.4 Å². The first-order chi connectivity index (χ1) is 11.8. The molecule has 3 aromatic rings. The van der Waals surface area contributed by atoms with E-state index in [1.165, 1.54) is 0 Å². The largest absolute Gasteiger partial charge is 0.326 e. The van der Waals surface area contributed by atoms with E-state index in [1.807, 2.05) is 48.7 Å². The highest BCUT2D eigenvalue weighted by Crippen LogP contribution is 2.30. The van der Waals surface area contributed by atoms with Crippen LogP contribution in [-0.4, -0.2) is 17.4 Å². The van der Waals surface area contributed by atoms with Gasteiger partial charge in [0.25, 0.3) is 0 Å². The highest BCUT2D eigenvalue weighted by molar-refractivity contribution is 5.96. The van der Waals surface area contributed by atoms with Crippen molar-refractivity contribution in [3.8, 4) is 0 Å². The summed E-state index contributed by atoms with van der Waals surface area (Å²) in [5, 5.41) is 8.66. The summed E-state index contributed by atoms with van der Waals surface area (Å²) in [6, 6.07) is 18.1. The molecule has 2 atom stereocenters. The minimum Gasteiger partial charge on any atom is -0.326 e. The van der Waals surface area contributed by atoms with Crippen LogP contribution in [-0.2, 0) is 4.79 Å². The number of rotatable bonds is 3. The molecule has 2 aromatic carbocycles. The maximum Gasteiger partial charge on any atom is 0.229 e. The van der Waals surface area contributed by atoms with Crippen molar-refractivity contribution in [1.82, 2.24) is 10.3 Å². The van der Waals surface area contributed by atoms with Crippen LogP contribution in [0.5, 0.6) is 0 Å². The zero-order valence-electron chi connectivity index (χ0n) is 13.3. The van der Waals surface area contributed by atoms with Crippen molar-refractivity contribution < 1.29 is 4.79 Å². The number of pyridine rings is 1. The molecule has 1 saturated heterocycles. The third-order valence-electron chi connectivity index (χ3n) is 4.63. The van der Waals surface area contributed by atoms with E-state index in [0.717, 1.165) is 35.0 Å². The number of fused-ring (bicyclic) bond motifs is 1. The molecule has 4 rings (SSSR count). The normalized spacial score (nSPS) is 20.2. The van der Waals surface area contributed by atoms with E-state index in [2.05, 4.69) is 27.8 Å². The number of aromatic nitrogens is 1. The van der Waals surface area contributed by atoms with Gasteiger partial charge in [-0.25, -0.2) is 0 Å². The van der Waals surface area contributed by atoms with Crippen LogP contribution < -0.4 is 10.6 Å². The van der Waals surface area contributed by atoms with Crippen LogP contribution >= 0.6 is 0 Å². The first-order valence-corrected chi connectivity index (χ1v) is 8.24. The van der Waals surface area contributed by atoms with Crippen LogP contribution in [0.3, 0.4) is 0 Å². The Labute approximate surface area is 140 Å². The van der Waals surface area contributed by atoms with Crippen molar-refractivity contribution in [2.24, 2.45) is 5.92 Å². The second-order valence-corrected chi connectivity index (χ2v) is 6.16. The number of anilines is 1. The second-order valence-electron chi connectivity index (χ2n) is 6.16. The van der Waals surface area contributed by atoms with Crippen LogP contribution in [0, 0.1) is 5.92 Å². The van der Waals surface area contributed by atoms with Crippen molar-refractivity contribution in [2.45, 2.75) is 12.5 Å². The van der Waals surface area contributed by atoms with Gasteiger partial charge in [0.05, 0.1) is 5.92 Å². The van der Waals surface area contributed by atoms with Crippen LogP contribution in [0.25, 0.3) is 10.8 Å². The number of hydrogen-bond donors (Lipinski definition) is 2. The molecule has 120 valence electrons. The lowest BCUT2D eigenvalue weighted by molar-refractivity contribution is -0.120. The maximum atomic E-state index is 12.8. The topological polar surface area (TPSA) is 54.0 Å². The van der Waals surface area contributed by atoms with Crippen LogP contribution in [0.4, 0.5) is 5.69 Å². The standard InChI is InChI=1S/C20H19N3O/c24-20(18-9-11-22-19(18)15-4-2-1-3-5-15)23-17-7-6-14-8-10-21-13-16(14)12-17/h1-8,10,12-13,18-19,22H,9,11H2,(H,23,24)/t18-,19+/m0/s1. The fraction of sp³-hybridized carbons (Fsp3) is 0.200. The Morgan fingerprint density at radius 3 is 2.83 bits per heavy atom. The molecule has 2 heterocycles. The number of hydrogen-bond acceptors (Lipinski definition) is 3. The number of nitrogens with one attached hydrogen (secondary N) is 2. The van der Waals surface area contributed by atoms with Crippen molar-refractivity contribution in [3.05, 3.63) is 72.6 Å². The summed E-state index contributed by atoms with van der Waals surface area (Å²) in [5.74, 6) is 0.00842. The Morgan fingerprint density at radius 2 is 1.96 bits per heavy atom. The predicted molar refractivity (Wildman–Crippen MR) is 95.7 cm³/mol. The lowest BCUT2D eigenvalue weighted by atomic mass is 9.93. The minimum atomic E-state index is -0.0583. The number of amides is 1. The fourth-order valence-electron chi connectivity index (χ4n) is 3.39. The summed E-state index contributed by atoms with van der Waals surface area (Å²) >= 11 is 0. The van der Waals surface area contributed by atoms with Gasteiger partial charge in [-0.2, -0.15) is 0 Å². The number of carbonyl (C=O) groups is 1. The molecule has 0 unspecified atom stereocenters. The molecule has 2 N–H and O–H groups in total. The summed E-state index contributed by atoms with van der Waals surface area (Å²) in [5.41, 5.74) is 1.98. The van der Waals surface area contributed by atoms with E-state index in [9.17, 15) is 4.79 Å². The summed E-state index contributed by atoms with van der Waals surface area (Å²) in [7, 11) is 0. The maximum absolute atomic E-state index is 12.8. The Morgan fingerprint density at radius 1 is 1.08 bits per heavy atom. The summed E-state index contributed by atoms with van der Waals surface area (Å²) in [6.07, 6.45) is 4.44. The van der Waals surface area contributed by atoms with Gasteiger partial charge in [0.1, 0.15) is 0 Å². The van der Waals surface area contributed by atoms with E-state index in [0.29, 0.717) is 0 Å². The molecule has 24 heavy (non-hydrogen) atoms. The molecule has 0 spiro atoms. The van der Waals surface area contributed by atoms with Gasteiger partial charge in [0, 0.05) is 29.5 Å². The van der Waals surface area contributed by atoms with E-state index in [4.69, 9.17) is 0 Å². The van der Waals surface area contributed by atoms with E-state index in [1.54, 1.807) is 6.20 Å². The first kappa shape index (κ1) is 14.8. The van der Waals surface area contributed by atoms with Crippen LogP contribution in [0.2, 0.25) is 0 Å². The molecule has 0 radical (unpaired) electrons. The number of benzene rings is 2. The van der Waals surface area contributed by atoms with Gasteiger partial charge < -0.3 is 10.6 Å². The molecule has 0 saturated carbocycles. The molecule has 0 bridgehead atoms. The molecule has 1 amide bonds. The average molecular weight is 317 g/mol. The van der Waals surface area contributed by atoms with Crippen LogP contribution in [0.1, 0.15) is 18.0 Å². The highest BCUT2D eigenvalue weighted by Gasteiger charge is 2.33. The van der Waals surface area contributed by atoms with Gasteiger partial charge in [0.2, 0.25) is 5.91 Å². The predicted octanol–water partition coefficient (Wildman–Crippen LogP) is 3.52. The van der Waals surface area contributed by atoms with E-state index in [-0.39, 0.29) is 17.9 Å². The summed E-state index contributed by atoms with van der Waals surface area (Å²) in [6.45, 7) is 0.860. The average Bonchev–Trinajstić information content (AvgIpc) is 3.12. The highest BCUT2D eigenvalue weighted by atomic mass is 16.1.